The summed E-state index contributed by atoms with van der Waals surface area (Å²) in [6.45, 7) is 5.32. The molecule has 0 saturated heterocycles. The largest absolute Gasteiger partial charge is 0.374 e. The predicted octanol–water partition coefficient (Wildman–Crippen LogP) is 0.639. The Labute approximate surface area is 78.9 Å². The molecule has 0 bridgehead atoms. The summed E-state index contributed by atoms with van der Waals surface area (Å²) in [5.74, 6) is 0. The first-order valence-electron chi connectivity index (χ1n) is 4.59. The number of aromatic nitrogens is 2. The van der Waals surface area contributed by atoms with Gasteiger partial charge < -0.3 is 14.6 Å². The maximum absolute atomic E-state index is 5.44. The molecule has 1 aromatic heterocycles. The van der Waals surface area contributed by atoms with E-state index in [2.05, 4.69) is 21.8 Å². The van der Waals surface area contributed by atoms with Crippen molar-refractivity contribution in [2.45, 2.75) is 20.1 Å². The molecule has 0 aliphatic carbocycles. The van der Waals surface area contributed by atoms with Gasteiger partial charge in [0, 0.05) is 13.1 Å². The number of likely N-dealkylation sites (N-methyl/N-ethyl adjacent to an activating group) is 1. The van der Waals surface area contributed by atoms with Gasteiger partial charge in [-0.1, -0.05) is 0 Å². The Bertz CT molecular complexity index is 235. The van der Waals surface area contributed by atoms with Crippen molar-refractivity contribution >= 4 is 0 Å². The molecule has 4 heteroatoms. The highest BCUT2D eigenvalue weighted by molar-refractivity contribution is 4.95. The van der Waals surface area contributed by atoms with Gasteiger partial charge >= 0.3 is 0 Å². The number of rotatable bonds is 6. The van der Waals surface area contributed by atoms with Gasteiger partial charge in [-0.3, -0.25) is 0 Å². The zero-order valence-corrected chi connectivity index (χ0v) is 8.29. The van der Waals surface area contributed by atoms with Crippen LogP contribution in [0.1, 0.15) is 12.6 Å². The van der Waals surface area contributed by atoms with Crippen molar-refractivity contribution in [3.8, 4) is 0 Å². The highest BCUT2D eigenvalue weighted by atomic mass is 16.5. The van der Waals surface area contributed by atoms with Gasteiger partial charge in [0.25, 0.3) is 0 Å². The van der Waals surface area contributed by atoms with Crippen molar-refractivity contribution < 1.29 is 4.74 Å². The number of aryl methyl sites for hydroxylation is 1. The quantitative estimate of drug-likeness (QED) is 0.658. The Morgan fingerprint density at radius 3 is 3.15 bits per heavy atom. The summed E-state index contributed by atoms with van der Waals surface area (Å²) in [7, 11) is 1.92. The first-order valence-corrected chi connectivity index (χ1v) is 4.59. The summed E-state index contributed by atoms with van der Waals surface area (Å²) in [6, 6.07) is 0. The second-order valence-electron chi connectivity index (χ2n) is 2.83. The van der Waals surface area contributed by atoms with E-state index in [0.29, 0.717) is 6.61 Å². The van der Waals surface area contributed by atoms with E-state index in [1.807, 2.05) is 19.6 Å². The van der Waals surface area contributed by atoms with Crippen LogP contribution in [-0.2, 0) is 17.9 Å². The minimum atomic E-state index is 0.648. The molecule has 0 aliphatic rings. The molecule has 0 radical (unpaired) electrons. The summed E-state index contributed by atoms with van der Waals surface area (Å²) < 4.78 is 7.52. The Balaban J connectivity index is 2.27. The second kappa shape index (κ2) is 5.72. The van der Waals surface area contributed by atoms with Crippen LogP contribution in [0, 0.1) is 0 Å². The lowest BCUT2D eigenvalue weighted by Gasteiger charge is -2.05. The van der Waals surface area contributed by atoms with Crippen molar-refractivity contribution in [2.24, 2.45) is 0 Å². The Kier molecular flexibility index (Phi) is 4.49. The monoisotopic (exact) mass is 183 g/mol. The molecule has 1 N–H and O–H groups in total. The molecular weight excluding hydrogens is 166 g/mol. The Morgan fingerprint density at radius 2 is 2.46 bits per heavy atom. The zero-order chi connectivity index (χ0) is 9.52. The number of nitrogens with one attached hydrogen (secondary N) is 1. The number of nitrogens with zero attached hydrogens (tertiary/aromatic N) is 2. The minimum absolute atomic E-state index is 0.648. The van der Waals surface area contributed by atoms with Crippen LogP contribution in [0.15, 0.2) is 12.5 Å². The van der Waals surface area contributed by atoms with Crippen molar-refractivity contribution in [3.05, 3.63) is 18.2 Å². The molecule has 0 saturated carbocycles. The third-order valence-corrected chi connectivity index (χ3v) is 1.89. The van der Waals surface area contributed by atoms with Crippen LogP contribution in [-0.4, -0.2) is 29.8 Å². The SMILES string of the molecule is CCn1cncc1COCCNC. The Morgan fingerprint density at radius 1 is 1.62 bits per heavy atom. The van der Waals surface area contributed by atoms with E-state index in [9.17, 15) is 0 Å². The molecule has 1 aromatic rings. The van der Waals surface area contributed by atoms with E-state index in [1.165, 1.54) is 0 Å². The van der Waals surface area contributed by atoms with E-state index < -0.39 is 0 Å². The molecule has 1 rings (SSSR count). The molecule has 0 unspecified atom stereocenters. The third kappa shape index (κ3) is 3.16. The van der Waals surface area contributed by atoms with Crippen LogP contribution >= 0.6 is 0 Å². The van der Waals surface area contributed by atoms with E-state index in [0.717, 1.165) is 25.4 Å². The van der Waals surface area contributed by atoms with Gasteiger partial charge in [0.05, 0.1) is 31.4 Å². The molecule has 0 amide bonds. The van der Waals surface area contributed by atoms with E-state index in [4.69, 9.17) is 4.74 Å². The normalized spacial score (nSPS) is 10.6. The highest BCUT2D eigenvalue weighted by Crippen LogP contribution is 2.00. The topological polar surface area (TPSA) is 39.1 Å². The van der Waals surface area contributed by atoms with E-state index >= 15 is 0 Å². The molecule has 0 fully saturated rings. The average Bonchev–Trinajstić information content (AvgIpc) is 2.60. The van der Waals surface area contributed by atoms with Crippen LogP contribution in [0.4, 0.5) is 0 Å². The van der Waals surface area contributed by atoms with Gasteiger partial charge in [0.15, 0.2) is 0 Å². The van der Waals surface area contributed by atoms with Gasteiger partial charge in [-0.15, -0.1) is 0 Å². The summed E-state index contributed by atoms with van der Waals surface area (Å²) in [6.07, 6.45) is 3.68. The summed E-state index contributed by atoms with van der Waals surface area (Å²) in [5.41, 5.74) is 1.14. The first kappa shape index (κ1) is 10.2. The fraction of sp³-hybridized carbons (Fsp3) is 0.667. The Hall–Kier alpha value is -0.870. The second-order valence-corrected chi connectivity index (χ2v) is 2.83. The van der Waals surface area contributed by atoms with Gasteiger partial charge in [0.1, 0.15) is 0 Å². The van der Waals surface area contributed by atoms with Crippen molar-refractivity contribution in [1.82, 2.24) is 14.9 Å². The minimum Gasteiger partial charge on any atom is -0.374 e. The fourth-order valence-corrected chi connectivity index (χ4v) is 1.10. The van der Waals surface area contributed by atoms with Crippen LogP contribution < -0.4 is 5.32 Å². The van der Waals surface area contributed by atoms with Gasteiger partial charge in [-0.2, -0.15) is 0 Å². The molecule has 4 nitrogen and oxygen atoms in total. The van der Waals surface area contributed by atoms with Crippen LogP contribution in [0.25, 0.3) is 0 Å². The lowest BCUT2D eigenvalue weighted by atomic mass is 10.5. The number of imidazole rings is 1. The molecule has 1 heterocycles. The molecule has 0 atom stereocenters. The molecule has 0 aromatic carbocycles. The maximum Gasteiger partial charge on any atom is 0.0948 e. The van der Waals surface area contributed by atoms with Crippen molar-refractivity contribution in [2.75, 3.05) is 20.2 Å². The molecule has 0 spiro atoms. The molecule has 74 valence electrons. The van der Waals surface area contributed by atoms with Gasteiger partial charge in [-0.05, 0) is 14.0 Å². The fourth-order valence-electron chi connectivity index (χ4n) is 1.10. The van der Waals surface area contributed by atoms with E-state index in [-0.39, 0.29) is 0 Å². The van der Waals surface area contributed by atoms with Crippen molar-refractivity contribution in [1.29, 1.82) is 0 Å². The van der Waals surface area contributed by atoms with Crippen LogP contribution in [0.3, 0.4) is 0 Å². The van der Waals surface area contributed by atoms with Crippen LogP contribution in [0.2, 0.25) is 0 Å². The highest BCUT2D eigenvalue weighted by Gasteiger charge is 1.98. The van der Waals surface area contributed by atoms with E-state index in [1.54, 1.807) is 0 Å². The van der Waals surface area contributed by atoms with Crippen molar-refractivity contribution in [3.63, 3.8) is 0 Å². The number of hydrogen-bond acceptors (Lipinski definition) is 3. The number of ether oxygens (including phenoxy) is 1. The first-order chi connectivity index (χ1) is 6.38. The molecule has 0 aliphatic heterocycles. The maximum atomic E-state index is 5.44. The summed E-state index contributed by atoms with van der Waals surface area (Å²) >= 11 is 0. The molecule has 13 heavy (non-hydrogen) atoms. The zero-order valence-electron chi connectivity index (χ0n) is 8.29. The van der Waals surface area contributed by atoms with Gasteiger partial charge in [-0.25, -0.2) is 4.98 Å². The average molecular weight is 183 g/mol. The molecular formula is C9H17N3O. The summed E-state index contributed by atoms with van der Waals surface area (Å²) in [4.78, 5) is 4.06. The van der Waals surface area contributed by atoms with Crippen LogP contribution in [0.5, 0.6) is 0 Å². The lowest BCUT2D eigenvalue weighted by Crippen LogP contribution is -2.14. The number of hydrogen-bond donors (Lipinski definition) is 1. The summed E-state index contributed by atoms with van der Waals surface area (Å²) in [5, 5.41) is 3.03. The third-order valence-electron chi connectivity index (χ3n) is 1.89. The smallest absolute Gasteiger partial charge is 0.0948 e. The predicted molar refractivity (Wildman–Crippen MR) is 51.5 cm³/mol. The van der Waals surface area contributed by atoms with Gasteiger partial charge in [0.2, 0.25) is 0 Å². The lowest BCUT2D eigenvalue weighted by molar-refractivity contribution is 0.119. The standard InChI is InChI=1S/C9H17N3O/c1-3-12-8-11-6-9(12)7-13-5-4-10-2/h6,8,10H,3-5,7H2,1-2H3.